The van der Waals surface area contributed by atoms with Crippen molar-refractivity contribution in [3.8, 4) is 0 Å². The summed E-state index contributed by atoms with van der Waals surface area (Å²) in [5.74, 6) is 0.514. The number of sulfonamides is 1. The Morgan fingerprint density at radius 1 is 1.25 bits per heavy atom. The Hall–Kier alpha value is -1.07. The summed E-state index contributed by atoms with van der Waals surface area (Å²) in [6.45, 7) is 8.28. The highest BCUT2D eigenvalue weighted by Crippen LogP contribution is 2.34. The zero-order chi connectivity index (χ0) is 15.1. The molecule has 1 aliphatic rings. The van der Waals surface area contributed by atoms with Gasteiger partial charge < -0.3 is 5.73 Å². The molecular weight excluding hydrogens is 272 g/mol. The lowest BCUT2D eigenvalue weighted by atomic mass is 10.1. The third-order valence-corrected chi connectivity index (χ3v) is 6.02. The van der Waals surface area contributed by atoms with Crippen molar-refractivity contribution in [2.45, 2.75) is 51.5 Å². The largest absolute Gasteiger partial charge is 0.398 e. The molecule has 1 saturated carbocycles. The molecule has 5 heteroatoms. The van der Waals surface area contributed by atoms with E-state index in [-0.39, 0.29) is 10.9 Å². The molecule has 1 aromatic rings. The van der Waals surface area contributed by atoms with Crippen LogP contribution >= 0.6 is 0 Å². The van der Waals surface area contributed by atoms with E-state index in [1.54, 1.807) is 16.4 Å². The lowest BCUT2D eigenvalue weighted by Crippen LogP contribution is -2.38. The molecule has 20 heavy (non-hydrogen) atoms. The molecule has 1 aliphatic carbocycles. The summed E-state index contributed by atoms with van der Waals surface area (Å²) in [7, 11) is -3.52. The second kappa shape index (κ2) is 5.37. The molecule has 0 saturated heterocycles. The highest BCUT2D eigenvalue weighted by Gasteiger charge is 2.34. The van der Waals surface area contributed by atoms with Crippen molar-refractivity contribution in [2.75, 3.05) is 12.3 Å². The van der Waals surface area contributed by atoms with Gasteiger partial charge in [0.25, 0.3) is 0 Å². The summed E-state index contributed by atoms with van der Waals surface area (Å²) in [4.78, 5) is 0.245. The molecule has 0 aliphatic heterocycles. The molecule has 0 amide bonds. The number of nitrogens with zero attached hydrogens (tertiary/aromatic N) is 1. The Balaban J connectivity index is 2.44. The topological polar surface area (TPSA) is 63.4 Å². The van der Waals surface area contributed by atoms with Gasteiger partial charge in [-0.15, -0.1) is 0 Å². The summed E-state index contributed by atoms with van der Waals surface area (Å²) in [5, 5.41) is 0. The monoisotopic (exact) mass is 296 g/mol. The SMILES string of the molecule is Cc1cc(N)c(S(=O)(=O)N(CC2CC2)C(C)C)cc1C. The van der Waals surface area contributed by atoms with Crippen molar-refractivity contribution < 1.29 is 8.42 Å². The zero-order valence-corrected chi connectivity index (χ0v) is 13.5. The van der Waals surface area contributed by atoms with Crippen LogP contribution in [0.4, 0.5) is 5.69 Å². The van der Waals surface area contributed by atoms with Gasteiger partial charge in [-0.05, 0) is 69.7 Å². The third kappa shape index (κ3) is 2.99. The van der Waals surface area contributed by atoms with Crippen LogP contribution in [0.25, 0.3) is 0 Å². The fraction of sp³-hybridized carbons (Fsp3) is 0.600. The quantitative estimate of drug-likeness (QED) is 0.850. The molecule has 0 unspecified atom stereocenters. The number of nitrogen functional groups attached to an aromatic ring is 1. The van der Waals surface area contributed by atoms with Crippen LogP contribution in [-0.2, 0) is 10.0 Å². The number of aryl methyl sites for hydroxylation is 2. The Bertz CT molecular complexity index is 605. The van der Waals surface area contributed by atoms with Crippen LogP contribution in [0.2, 0.25) is 0 Å². The van der Waals surface area contributed by atoms with Crippen LogP contribution < -0.4 is 5.73 Å². The minimum absolute atomic E-state index is 0.0541. The minimum atomic E-state index is -3.52. The van der Waals surface area contributed by atoms with E-state index in [0.717, 1.165) is 24.0 Å². The molecule has 0 atom stereocenters. The highest BCUT2D eigenvalue weighted by molar-refractivity contribution is 7.89. The highest BCUT2D eigenvalue weighted by atomic mass is 32.2. The molecule has 112 valence electrons. The second-order valence-electron chi connectivity index (χ2n) is 6.09. The Morgan fingerprint density at radius 2 is 1.80 bits per heavy atom. The standard InChI is InChI=1S/C15H24N2O2S/c1-10(2)17(9-13-5-6-13)20(18,19)15-8-12(4)11(3)7-14(15)16/h7-8,10,13H,5-6,9,16H2,1-4H3. The van der Waals surface area contributed by atoms with Gasteiger partial charge in [-0.3, -0.25) is 0 Å². The van der Waals surface area contributed by atoms with Gasteiger partial charge in [0.2, 0.25) is 10.0 Å². The molecular formula is C15H24N2O2S. The fourth-order valence-corrected chi connectivity index (χ4v) is 4.20. The number of hydrogen-bond donors (Lipinski definition) is 1. The van der Waals surface area contributed by atoms with Crippen molar-refractivity contribution in [3.63, 3.8) is 0 Å². The van der Waals surface area contributed by atoms with E-state index in [0.29, 0.717) is 18.2 Å². The van der Waals surface area contributed by atoms with E-state index in [1.807, 2.05) is 27.7 Å². The molecule has 0 heterocycles. The van der Waals surface area contributed by atoms with Crippen molar-refractivity contribution in [1.29, 1.82) is 0 Å². The van der Waals surface area contributed by atoms with Crippen LogP contribution in [0.5, 0.6) is 0 Å². The lowest BCUT2D eigenvalue weighted by molar-refractivity contribution is 0.342. The number of rotatable bonds is 5. The van der Waals surface area contributed by atoms with Gasteiger partial charge in [-0.1, -0.05) is 0 Å². The predicted octanol–water partition coefficient (Wildman–Crippen LogP) is 2.69. The molecule has 2 rings (SSSR count). The third-order valence-electron chi connectivity index (χ3n) is 3.92. The summed E-state index contributed by atoms with van der Waals surface area (Å²) < 4.78 is 27.3. The van der Waals surface area contributed by atoms with Crippen molar-refractivity contribution in [2.24, 2.45) is 5.92 Å². The number of hydrogen-bond acceptors (Lipinski definition) is 3. The van der Waals surface area contributed by atoms with E-state index < -0.39 is 10.0 Å². The number of nitrogens with two attached hydrogens (primary N) is 1. The van der Waals surface area contributed by atoms with Gasteiger partial charge in [0.05, 0.1) is 5.69 Å². The smallest absolute Gasteiger partial charge is 0.245 e. The van der Waals surface area contributed by atoms with E-state index in [2.05, 4.69) is 0 Å². The first-order valence-corrected chi connectivity index (χ1v) is 8.56. The molecule has 2 N–H and O–H groups in total. The maximum Gasteiger partial charge on any atom is 0.245 e. The van der Waals surface area contributed by atoms with Gasteiger partial charge in [-0.25, -0.2) is 8.42 Å². The van der Waals surface area contributed by atoms with Gasteiger partial charge in [0, 0.05) is 12.6 Å². The van der Waals surface area contributed by atoms with E-state index in [1.165, 1.54) is 0 Å². The van der Waals surface area contributed by atoms with Crippen LogP contribution in [0.3, 0.4) is 0 Å². The first-order chi connectivity index (χ1) is 9.23. The summed E-state index contributed by atoms with van der Waals surface area (Å²) in [6.07, 6.45) is 2.25. The first-order valence-electron chi connectivity index (χ1n) is 7.12. The van der Waals surface area contributed by atoms with E-state index in [4.69, 9.17) is 5.73 Å². The van der Waals surface area contributed by atoms with Crippen molar-refractivity contribution in [3.05, 3.63) is 23.3 Å². The van der Waals surface area contributed by atoms with Crippen LogP contribution in [-0.4, -0.2) is 25.3 Å². The van der Waals surface area contributed by atoms with Gasteiger partial charge in [0.15, 0.2) is 0 Å². The van der Waals surface area contributed by atoms with E-state index in [9.17, 15) is 8.42 Å². The first kappa shape index (κ1) is 15.3. The molecule has 4 nitrogen and oxygen atoms in total. The van der Waals surface area contributed by atoms with Crippen LogP contribution in [0.1, 0.15) is 37.8 Å². The zero-order valence-electron chi connectivity index (χ0n) is 12.7. The molecule has 0 radical (unpaired) electrons. The van der Waals surface area contributed by atoms with Crippen molar-refractivity contribution in [1.82, 2.24) is 4.31 Å². The van der Waals surface area contributed by atoms with Gasteiger partial charge >= 0.3 is 0 Å². The summed E-state index contributed by atoms with van der Waals surface area (Å²) in [5.41, 5.74) is 8.26. The Labute approximate surface area is 122 Å². The Kier molecular flexibility index (Phi) is 4.12. The summed E-state index contributed by atoms with van der Waals surface area (Å²) >= 11 is 0. The Morgan fingerprint density at radius 3 is 2.30 bits per heavy atom. The maximum absolute atomic E-state index is 12.9. The van der Waals surface area contributed by atoms with Crippen LogP contribution in [0.15, 0.2) is 17.0 Å². The molecule has 0 bridgehead atoms. The molecule has 0 aromatic heterocycles. The lowest BCUT2D eigenvalue weighted by Gasteiger charge is -2.27. The van der Waals surface area contributed by atoms with Crippen LogP contribution in [0, 0.1) is 19.8 Å². The normalized spacial score (nSPS) is 16.1. The number of benzene rings is 1. The molecule has 1 fully saturated rings. The van der Waals surface area contributed by atoms with Gasteiger partial charge in [-0.2, -0.15) is 4.31 Å². The average molecular weight is 296 g/mol. The second-order valence-corrected chi connectivity index (χ2v) is 7.95. The van der Waals surface area contributed by atoms with Crippen molar-refractivity contribution >= 4 is 15.7 Å². The van der Waals surface area contributed by atoms with Gasteiger partial charge in [0.1, 0.15) is 4.90 Å². The molecule has 0 spiro atoms. The minimum Gasteiger partial charge on any atom is -0.398 e. The van der Waals surface area contributed by atoms with E-state index >= 15 is 0 Å². The molecule has 1 aromatic carbocycles. The number of anilines is 1. The average Bonchev–Trinajstić information content (AvgIpc) is 3.13. The predicted molar refractivity (Wildman–Crippen MR) is 82.1 cm³/mol. The maximum atomic E-state index is 12.9. The fourth-order valence-electron chi connectivity index (χ4n) is 2.30. The summed E-state index contributed by atoms with van der Waals surface area (Å²) in [6, 6.07) is 3.39.